The molecule has 2 amide bonds. The Bertz CT molecular complexity index is 587. The highest BCUT2D eigenvalue weighted by Crippen LogP contribution is 2.46. The van der Waals surface area contributed by atoms with Crippen molar-refractivity contribution in [1.29, 1.82) is 0 Å². The quantitative estimate of drug-likeness (QED) is 0.338. The van der Waals surface area contributed by atoms with Gasteiger partial charge in [0.2, 0.25) is 11.8 Å². The van der Waals surface area contributed by atoms with Crippen LogP contribution in [0.3, 0.4) is 0 Å². The summed E-state index contributed by atoms with van der Waals surface area (Å²) in [6, 6.07) is -1.01. The Kier molecular flexibility index (Phi) is 10.2. The van der Waals surface area contributed by atoms with Crippen LogP contribution in [0.5, 0.6) is 0 Å². The second-order valence-electron chi connectivity index (χ2n) is 10.9. The van der Waals surface area contributed by atoms with Crippen LogP contribution in [0.4, 0.5) is 0 Å². The van der Waals surface area contributed by atoms with E-state index in [0.29, 0.717) is 51.4 Å². The van der Waals surface area contributed by atoms with Gasteiger partial charge in [0.15, 0.2) is 0 Å². The monoisotopic (exact) mass is 454 g/mol. The third-order valence-corrected chi connectivity index (χ3v) is 8.07. The molecule has 1 aliphatic carbocycles. The Morgan fingerprint density at radius 1 is 0.844 bits per heavy atom. The molecule has 0 spiro atoms. The maximum Gasteiger partial charge on any atom is 0.238 e. The number of carbonyl (C=O) groups excluding carboxylic acids is 2. The van der Waals surface area contributed by atoms with Gasteiger partial charge in [-0.1, -0.05) is 61.8 Å². The minimum absolute atomic E-state index is 0.224. The van der Waals surface area contributed by atoms with E-state index < -0.39 is 34.6 Å². The third-order valence-electron chi connectivity index (χ3n) is 8.07. The molecule has 0 heterocycles. The van der Waals surface area contributed by atoms with Gasteiger partial charge in [0, 0.05) is 0 Å². The number of nitrogens with two attached hydrogens (primary N) is 1. The van der Waals surface area contributed by atoms with E-state index in [4.69, 9.17) is 5.73 Å². The fourth-order valence-electron chi connectivity index (χ4n) is 5.36. The van der Waals surface area contributed by atoms with E-state index in [-0.39, 0.29) is 17.7 Å². The van der Waals surface area contributed by atoms with Gasteiger partial charge in [0.05, 0.1) is 23.3 Å². The number of hydrogen-bond donors (Lipinski definition) is 3. The Hall–Kier alpha value is -1.14. The molecule has 1 fully saturated rings. The predicted octanol–water partition coefficient (Wildman–Crippen LogP) is 4.40. The highest BCUT2D eigenvalue weighted by atomic mass is 16.3. The van der Waals surface area contributed by atoms with Gasteiger partial charge >= 0.3 is 0 Å². The van der Waals surface area contributed by atoms with Crippen molar-refractivity contribution in [2.24, 2.45) is 23.0 Å². The highest BCUT2D eigenvalue weighted by Gasteiger charge is 2.57. The largest absolute Gasteiger partial charge is 0.388 e. The molecule has 1 rings (SSSR count). The normalized spacial score (nSPS) is 18.4. The molecule has 0 aromatic rings. The van der Waals surface area contributed by atoms with Crippen molar-refractivity contribution in [3.8, 4) is 0 Å². The summed E-state index contributed by atoms with van der Waals surface area (Å²) < 4.78 is 0. The van der Waals surface area contributed by atoms with Crippen LogP contribution in [0.1, 0.15) is 113 Å². The summed E-state index contributed by atoms with van der Waals surface area (Å²) in [5, 5.41) is 23.5. The van der Waals surface area contributed by atoms with Crippen LogP contribution in [-0.2, 0) is 9.59 Å². The Balaban J connectivity index is 3.83. The molecule has 2 atom stereocenters. The summed E-state index contributed by atoms with van der Waals surface area (Å²) >= 11 is 0. The average Bonchev–Trinajstić information content (AvgIpc) is 2.69. The van der Waals surface area contributed by atoms with Crippen molar-refractivity contribution in [3.05, 3.63) is 0 Å². The lowest BCUT2D eigenvalue weighted by Gasteiger charge is -2.54. The Morgan fingerprint density at radius 3 is 1.38 bits per heavy atom. The predicted molar refractivity (Wildman–Crippen MR) is 130 cm³/mol. The molecule has 0 radical (unpaired) electrons. The first-order chi connectivity index (χ1) is 14.8. The molecule has 1 saturated carbocycles. The van der Waals surface area contributed by atoms with Crippen molar-refractivity contribution in [2.75, 3.05) is 0 Å². The number of amides is 2. The maximum absolute atomic E-state index is 14.3. The molecule has 0 unspecified atom stereocenters. The first kappa shape index (κ1) is 28.9. The summed E-state index contributed by atoms with van der Waals surface area (Å²) in [5.41, 5.74) is 2.36. The number of aliphatic hydroxyl groups is 2. The van der Waals surface area contributed by atoms with Crippen molar-refractivity contribution < 1.29 is 19.8 Å². The van der Waals surface area contributed by atoms with E-state index in [2.05, 4.69) is 27.7 Å². The molecule has 32 heavy (non-hydrogen) atoms. The summed E-state index contributed by atoms with van der Waals surface area (Å²) in [6.45, 7) is 16.1. The zero-order valence-corrected chi connectivity index (χ0v) is 21.9. The molecule has 0 saturated heterocycles. The van der Waals surface area contributed by atoms with Gasteiger partial charge in [-0.25, -0.2) is 0 Å². The number of primary amides is 1. The summed E-state index contributed by atoms with van der Waals surface area (Å²) in [6.07, 6.45) is 4.79. The van der Waals surface area contributed by atoms with Gasteiger partial charge in [-0.2, -0.15) is 0 Å². The van der Waals surface area contributed by atoms with Crippen LogP contribution in [0.2, 0.25) is 0 Å². The SMILES string of the molecule is CCC(O)(CC)[C@@H](CC(C)C)N(C(=O)C1(C(N)=O)CCC1)[C@H](CC(C)C)C(O)(CC)CC. The van der Waals surface area contributed by atoms with E-state index in [0.717, 1.165) is 6.42 Å². The molecule has 0 aliphatic heterocycles. The molecule has 6 nitrogen and oxygen atoms in total. The smallest absolute Gasteiger partial charge is 0.238 e. The lowest BCUT2D eigenvalue weighted by molar-refractivity contribution is -0.179. The van der Waals surface area contributed by atoms with Crippen molar-refractivity contribution in [1.82, 2.24) is 4.90 Å². The first-order valence-electron chi connectivity index (χ1n) is 12.9. The van der Waals surface area contributed by atoms with E-state index in [1.165, 1.54) is 0 Å². The second-order valence-corrected chi connectivity index (χ2v) is 10.9. The van der Waals surface area contributed by atoms with Crippen LogP contribution in [0, 0.1) is 17.3 Å². The van der Waals surface area contributed by atoms with Gasteiger partial charge in [0.1, 0.15) is 5.41 Å². The molecule has 0 bridgehead atoms. The van der Waals surface area contributed by atoms with Gasteiger partial charge in [0.25, 0.3) is 0 Å². The second kappa shape index (κ2) is 11.3. The van der Waals surface area contributed by atoms with E-state index >= 15 is 0 Å². The van der Waals surface area contributed by atoms with Crippen LogP contribution in [0.15, 0.2) is 0 Å². The minimum Gasteiger partial charge on any atom is -0.388 e. The van der Waals surface area contributed by atoms with Gasteiger partial charge < -0.3 is 20.8 Å². The molecule has 188 valence electrons. The molecule has 0 aromatic heterocycles. The van der Waals surface area contributed by atoms with Crippen molar-refractivity contribution in [3.63, 3.8) is 0 Å². The van der Waals surface area contributed by atoms with Gasteiger partial charge in [-0.15, -0.1) is 0 Å². The van der Waals surface area contributed by atoms with Crippen molar-refractivity contribution >= 4 is 11.8 Å². The lowest BCUT2D eigenvalue weighted by Crippen LogP contribution is -2.68. The maximum atomic E-state index is 14.3. The van der Waals surface area contributed by atoms with E-state index in [1.807, 2.05) is 27.7 Å². The van der Waals surface area contributed by atoms with Crippen LogP contribution in [0.25, 0.3) is 0 Å². The average molecular weight is 455 g/mol. The summed E-state index contributed by atoms with van der Waals surface area (Å²) in [5.74, 6) is -0.435. The summed E-state index contributed by atoms with van der Waals surface area (Å²) in [7, 11) is 0. The topological polar surface area (TPSA) is 104 Å². The number of carbonyl (C=O) groups is 2. The first-order valence-corrected chi connectivity index (χ1v) is 12.9. The zero-order chi connectivity index (χ0) is 24.9. The number of rotatable bonds is 14. The standard InChI is InChI=1S/C26H50N2O4/c1-9-25(31,10-2)20(16-18(5)6)28(23(30)24(22(27)29)14-13-15-24)21(17-19(7)8)26(32,11-3)12-4/h18-21,31-32H,9-17H2,1-8H3,(H2,27,29)/t20-,21-/m1/s1. The Morgan fingerprint density at radius 2 is 1.19 bits per heavy atom. The third kappa shape index (κ3) is 5.67. The van der Waals surface area contributed by atoms with Crippen molar-refractivity contribution in [2.45, 2.75) is 136 Å². The number of nitrogens with zero attached hydrogens (tertiary/aromatic N) is 1. The molecule has 0 aromatic carbocycles. The Labute approximate surface area is 196 Å². The van der Waals surface area contributed by atoms with Gasteiger partial charge in [-0.05, 0) is 63.2 Å². The molecular formula is C26H50N2O4. The molecule has 4 N–H and O–H groups in total. The van der Waals surface area contributed by atoms with Crippen LogP contribution in [-0.4, -0.2) is 50.2 Å². The summed E-state index contributed by atoms with van der Waals surface area (Å²) in [4.78, 5) is 28.6. The molecule has 6 heteroatoms. The van der Waals surface area contributed by atoms with Gasteiger partial charge in [-0.3, -0.25) is 9.59 Å². The van der Waals surface area contributed by atoms with E-state index in [9.17, 15) is 19.8 Å². The zero-order valence-electron chi connectivity index (χ0n) is 21.9. The molecular weight excluding hydrogens is 404 g/mol. The fraction of sp³-hybridized carbons (Fsp3) is 0.923. The lowest BCUT2D eigenvalue weighted by atomic mass is 9.65. The van der Waals surface area contributed by atoms with Crippen LogP contribution >= 0.6 is 0 Å². The fourth-order valence-corrected chi connectivity index (χ4v) is 5.36. The highest BCUT2D eigenvalue weighted by molar-refractivity contribution is 6.05. The number of hydrogen-bond acceptors (Lipinski definition) is 4. The van der Waals surface area contributed by atoms with E-state index in [1.54, 1.807) is 4.90 Å². The minimum atomic E-state index is -1.23. The van der Waals surface area contributed by atoms with Crippen LogP contribution < -0.4 is 5.73 Å². The molecule has 1 aliphatic rings.